The van der Waals surface area contributed by atoms with Crippen molar-refractivity contribution in [3.63, 3.8) is 0 Å². The third-order valence-electron chi connectivity index (χ3n) is 10.8. The van der Waals surface area contributed by atoms with Gasteiger partial charge >= 0.3 is 11.9 Å². The lowest BCUT2D eigenvalue weighted by atomic mass is 10.1. The molecule has 0 saturated heterocycles. The Morgan fingerprint density at radius 3 is 1.25 bits per heavy atom. The van der Waals surface area contributed by atoms with Crippen LogP contribution in [0.25, 0.3) is 0 Å². The summed E-state index contributed by atoms with van der Waals surface area (Å²) in [6.07, 6.45) is 2.72. The number of cyclic esters (lactones) is 2. The maximum Gasteiger partial charge on any atom is 0.349 e. The summed E-state index contributed by atoms with van der Waals surface area (Å²) >= 11 is 0. The third kappa shape index (κ3) is 31.2. The standard InChI is InChI=1S/C22H24N2O7S.2C12H19NO4S.C10H7NO4.2C2H7N.C2H4O2.CH4.2H2S/c1-5-31-19-11-14(9-10-18(19)30-3)17(12-32(4,28)29)24-21(26)15-7-6-8-16(23-13(2)25)20(15)22(24)27;2*1-4-17-12-7-9(5-6-11(12)16-2)10(13)8-18(3,14)15;1-5(12)11-7-4-2-3-6-8(7)10(14)15-9(6)13;2*1-2-3;1-2(3)4;;;/h6-11,17H,5,12H2,1-4H3,(H,23,25);2*5-7,10H,4,8,13H2,1-3H3;2-4H,1H3,(H,11,12);2*2-3H2,1H3;1H3,(H,3,4);1H4;2*1H2/t17-;10-;;;;;;;;/m11......../s1/i5D2,17D;2*1D3,4D2,10D;;;;;;;. The second kappa shape index (κ2) is 44.7. The number of aliphatic carboxylic acids is 1. The van der Waals surface area contributed by atoms with Gasteiger partial charge in [0.2, 0.25) is 11.8 Å². The lowest BCUT2D eigenvalue weighted by molar-refractivity contribution is -0.134. The number of methoxy groups -OCH3 is 3. The highest BCUT2D eigenvalue weighted by Gasteiger charge is 2.43. The normalized spacial score (nSPS) is 16.4. The zero-order valence-electron chi connectivity index (χ0n) is 68.8. The number of ether oxygens (including phenoxy) is 7. The summed E-state index contributed by atoms with van der Waals surface area (Å²) in [5.41, 5.74) is 21.4. The number of carbonyl (C=O) groups excluding carboxylic acids is 6. The van der Waals surface area contributed by atoms with E-state index in [0.717, 1.165) is 63.9 Å². The zero-order chi connectivity index (χ0) is 84.3. The van der Waals surface area contributed by atoms with E-state index in [1.165, 1.54) is 95.8 Å². The molecule has 1 unspecified atom stereocenters. The van der Waals surface area contributed by atoms with E-state index in [2.05, 4.69) is 15.4 Å². The van der Waals surface area contributed by atoms with E-state index in [0.29, 0.717) is 10.6 Å². The number of nitrogens with zero attached hydrogens (tertiary/aromatic N) is 1. The molecule has 0 spiro atoms. The van der Waals surface area contributed by atoms with Crippen LogP contribution in [0.15, 0.2) is 91.0 Å². The Morgan fingerprint density at radius 2 is 0.906 bits per heavy atom. The largest absolute Gasteiger partial charge is 0.493 e. The number of benzene rings is 5. The van der Waals surface area contributed by atoms with Crippen molar-refractivity contribution in [2.75, 3.05) is 101 Å². The lowest BCUT2D eigenvalue weighted by Crippen LogP contribution is -2.37. The van der Waals surface area contributed by atoms with Crippen LogP contribution in [-0.2, 0) is 48.6 Å². The summed E-state index contributed by atoms with van der Waals surface area (Å²) < 4.78 is 219. The molecular formula is C63H95N7O21S5. The summed E-state index contributed by atoms with van der Waals surface area (Å²) in [7, 11) is -7.24. The molecule has 0 fully saturated rings. The molecule has 2 aliphatic heterocycles. The first-order valence-corrected chi connectivity index (χ1v) is 32.9. The molecule has 7 rings (SSSR count). The fraction of sp³-hybridized carbons (Fsp3) is 0.413. The van der Waals surface area contributed by atoms with Crippen LogP contribution in [0.5, 0.6) is 34.5 Å². The molecule has 28 nitrogen and oxygen atoms in total. The van der Waals surface area contributed by atoms with Crippen molar-refractivity contribution in [1.82, 2.24) is 4.90 Å². The Balaban J connectivity index is -0.00000137. The first-order chi connectivity index (χ1) is 48.9. The number of nitrogens with two attached hydrogens (primary N) is 4. The molecular weight excluding hydrogens is 1350 g/mol. The fourth-order valence-corrected chi connectivity index (χ4v) is 9.83. The fourth-order valence-electron chi connectivity index (χ4n) is 7.58. The molecule has 0 saturated carbocycles. The predicted octanol–water partition coefficient (Wildman–Crippen LogP) is 6.55. The number of amides is 4. The minimum atomic E-state index is -3.94. The van der Waals surface area contributed by atoms with Gasteiger partial charge in [0.25, 0.3) is 17.8 Å². The summed E-state index contributed by atoms with van der Waals surface area (Å²) in [6.45, 7) is -4.26. The predicted molar refractivity (Wildman–Crippen MR) is 380 cm³/mol. The molecule has 0 radical (unpaired) electrons. The van der Waals surface area contributed by atoms with Gasteiger partial charge in [0, 0.05) is 59.8 Å². The number of imide groups is 1. The van der Waals surface area contributed by atoms with Crippen LogP contribution < -0.4 is 62.0 Å². The molecule has 0 aliphatic carbocycles. The van der Waals surface area contributed by atoms with E-state index in [4.69, 9.17) is 81.8 Å². The van der Waals surface area contributed by atoms with Crippen molar-refractivity contribution in [2.45, 2.75) is 80.7 Å². The quantitative estimate of drug-likeness (QED) is 0.0232. The number of carboxylic acids is 1. The molecule has 11 N–H and O–H groups in total. The van der Waals surface area contributed by atoms with Gasteiger partial charge < -0.3 is 71.8 Å². The van der Waals surface area contributed by atoms with Crippen molar-refractivity contribution in [2.24, 2.45) is 22.9 Å². The van der Waals surface area contributed by atoms with E-state index in [9.17, 15) is 54.0 Å². The average Bonchev–Trinajstić information content (AvgIpc) is 1.59. The molecule has 2 heterocycles. The number of fused-ring (bicyclic) bond motifs is 2. The number of hydrogen-bond acceptors (Lipinski definition) is 24. The minimum absolute atomic E-state index is 0. The van der Waals surface area contributed by atoms with Gasteiger partial charge in [-0.25, -0.2) is 34.8 Å². The Morgan fingerprint density at radius 1 is 0.562 bits per heavy atom. The van der Waals surface area contributed by atoms with Crippen molar-refractivity contribution in [3.8, 4) is 34.5 Å². The number of nitrogens with one attached hydrogen (secondary N) is 2. The summed E-state index contributed by atoms with van der Waals surface area (Å²) in [5, 5.41) is 12.4. The summed E-state index contributed by atoms with van der Waals surface area (Å²) in [6, 6.07) is 13.5. The van der Waals surface area contributed by atoms with Gasteiger partial charge in [-0.05, 0) is 111 Å². The smallest absolute Gasteiger partial charge is 0.349 e. The highest BCUT2D eigenvalue weighted by atomic mass is 32.2. The van der Waals surface area contributed by atoms with Gasteiger partial charge in [-0.15, -0.1) is 0 Å². The molecule has 5 aromatic carbocycles. The number of hydrogen-bond donors (Lipinski definition) is 7. The molecule has 96 heavy (non-hydrogen) atoms. The van der Waals surface area contributed by atoms with Gasteiger partial charge in [-0.2, -0.15) is 27.0 Å². The molecule has 3 atom stereocenters. The minimum Gasteiger partial charge on any atom is -0.493 e. The topological polar surface area (TPSA) is 438 Å². The Kier molecular flexibility index (Phi) is 31.0. The molecule has 2 aliphatic rings. The highest BCUT2D eigenvalue weighted by molar-refractivity contribution is 7.91. The van der Waals surface area contributed by atoms with Gasteiger partial charge in [-0.3, -0.25) is 28.9 Å². The number of rotatable bonds is 21. The van der Waals surface area contributed by atoms with E-state index < -0.39 is 134 Å². The lowest BCUT2D eigenvalue weighted by Gasteiger charge is -2.27. The van der Waals surface area contributed by atoms with Crippen molar-refractivity contribution < 1.29 is 118 Å². The van der Waals surface area contributed by atoms with Gasteiger partial charge in [-0.1, -0.05) is 51.6 Å². The van der Waals surface area contributed by atoms with E-state index in [1.54, 1.807) is 12.1 Å². The van der Waals surface area contributed by atoms with Crippen LogP contribution >= 0.6 is 27.0 Å². The maximum atomic E-state index is 13.5. The number of anilines is 2. The maximum absolute atomic E-state index is 13.5. The first kappa shape index (κ1) is 66.6. The summed E-state index contributed by atoms with van der Waals surface area (Å²) in [5.74, 6) is -7.86. The van der Waals surface area contributed by atoms with Crippen molar-refractivity contribution in [1.29, 1.82) is 0 Å². The van der Waals surface area contributed by atoms with Crippen LogP contribution in [-0.4, -0.2) is 167 Å². The average molecular weight is 1460 g/mol. The molecule has 0 aromatic heterocycles. The summed E-state index contributed by atoms with van der Waals surface area (Å²) in [4.78, 5) is 81.3. The van der Waals surface area contributed by atoms with Crippen LogP contribution in [0.4, 0.5) is 11.4 Å². The van der Waals surface area contributed by atoms with E-state index in [-0.39, 0.29) is 119 Å². The van der Waals surface area contributed by atoms with Crippen LogP contribution in [0.1, 0.15) is 159 Å². The molecule has 538 valence electrons. The number of esters is 2. The van der Waals surface area contributed by atoms with Crippen molar-refractivity contribution in [3.05, 3.63) is 130 Å². The Bertz CT molecular complexity index is 4300. The second-order valence-corrected chi connectivity index (χ2v) is 25.2. The first-order valence-electron chi connectivity index (χ1n) is 34.2. The van der Waals surface area contributed by atoms with E-state index >= 15 is 0 Å². The molecule has 0 bridgehead atoms. The molecule has 33 heteroatoms. The Labute approximate surface area is 598 Å². The zero-order valence-corrected chi connectivity index (χ0v) is 58.2. The Hall–Kier alpha value is -8.02. The molecule has 4 amide bonds. The number of carboxylic acid groups (broad SMARTS) is 1. The number of sulfone groups is 3. The monoisotopic (exact) mass is 1460 g/mol. The highest BCUT2D eigenvalue weighted by Crippen LogP contribution is 2.39. The second-order valence-electron chi connectivity index (χ2n) is 18.8. The molecule has 5 aromatic rings. The van der Waals surface area contributed by atoms with Crippen LogP contribution in [0.2, 0.25) is 0 Å². The van der Waals surface area contributed by atoms with Crippen LogP contribution in [0, 0.1) is 0 Å². The van der Waals surface area contributed by atoms with Gasteiger partial charge in [0.15, 0.2) is 34.5 Å². The van der Waals surface area contributed by atoms with Gasteiger partial charge in [0.05, 0.1) is 110 Å². The number of carbonyl (C=O) groups is 7. The van der Waals surface area contributed by atoms with Gasteiger partial charge in [0.1, 0.15) is 29.5 Å². The SMILES string of the molecule is C.CC(=O)Nc1cccc2c1C(=O)OC2=O.CC(=O)O.CCN.CCN.S.S.[2H]C(N)(CS(C)(=O)=O)c1ccc(OC)c(OC([2H])([2H])C([2H])([2H])[2H])c1.[2H]C([2H])(C)Oc1cc([C@@]([2H])(CS(C)(=O)=O)N2C(=O)c3cccc(NC(C)=O)c3C2=O)ccc1OC.[2H]C([2H])([2H])C([2H])([2H])Oc1cc([C@]([2H])(N)CS(C)(=O)=O)ccc1OC. The van der Waals surface area contributed by atoms with Crippen LogP contribution in [0.3, 0.4) is 0 Å². The van der Waals surface area contributed by atoms with E-state index in [1.807, 2.05) is 13.8 Å². The van der Waals surface area contributed by atoms with Crippen molar-refractivity contribution >= 4 is 109 Å². The third-order valence-corrected chi connectivity index (χ3v) is 13.3.